The molecule has 7 nitrogen and oxygen atoms in total. The first kappa shape index (κ1) is 23.0. The van der Waals surface area contributed by atoms with E-state index in [1.54, 1.807) is 39.1 Å². The molecule has 3 rings (SSSR count). The van der Waals surface area contributed by atoms with Crippen molar-refractivity contribution in [1.82, 2.24) is 9.62 Å². The maximum Gasteiger partial charge on any atom is 0.241 e. The minimum absolute atomic E-state index is 0.00334. The first-order chi connectivity index (χ1) is 14.7. The van der Waals surface area contributed by atoms with Gasteiger partial charge in [0, 0.05) is 26.1 Å². The molecule has 1 aliphatic rings. The van der Waals surface area contributed by atoms with Gasteiger partial charge in [-0.1, -0.05) is 26.0 Å². The van der Waals surface area contributed by atoms with Crippen molar-refractivity contribution in [3.05, 3.63) is 53.8 Å². The summed E-state index contributed by atoms with van der Waals surface area (Å²) in [4.78, 5) is 14.4. The molecule has 1 heterocycles. The summed E-state index contributed by atoms with van der Waals surface area (Å²) in [6, 6.07) is 9.25. The van der Waals surface area contributed by atoms with Gasteiger partial charge in [-0.05, 0) is 35.7 Å². The molecule has 1 aliphatic heterocycles. The van der Waals surface area contributed by atoms with Crippen molar-refractivity contribution in [3.8, 4) is 11.5 Å². The molecule has 0 spiro atoms. The van der Waals surface area contributed by atoms with Crippen LogP contribution in [0.1, 0.15) is 25.8 Å². The number of carbonyl (C=O) groups is 1. The van der Waals surface area contributed by atoms with Gasteiger partial charge < -0.3 is 14.4 Å². The van der Waals surface area contributed by atoms with Gasteiger partial charge in [0.05, 0.1) is 18.1 Å². The second-order valence-electron chi connectivity index (χ2n) is 7.82. The molecule has 0 radical (unpaired) electrons. The Balaban J connectivity index is 1.77. The number of halogens is 1. The summed E-state index contributed by atoms with van der Waals surface area (Å²) in [5, 5.41) is 0. The summed E-state index contributed by atoms with van der Waals surface area (Å²) in [5.74, 6) is -0.176. The summed E-state index contributed by atoms with van der Waals surface area (Å²) >= 11 is 0. The Morgan fingerprint density at radius 1 is 1.10 bits per heavy atom. The first-order valence-electron chi connectivity index (χ1n) is 10.1. The molecule has 2 aromatic rings. The van der Waals surface area contributed by atoms with Crippen molar-refractivity contribution in [1.29, 1.82) is 0 Å². The molecular weight excluding hydrogens is 423 g/mol. The predicted molar refractivity (Wildman–Crippen MR) is 114 cm³/mol. The third-order valence-electron chi connectivity index (χ3n) is 4.95. The molecule has 0 aromatic heterocycles. The minimum Gasteiger partial charge on any atom is -0.490 e. The van der Waals surface area contributed by atoms with Gasteiger partial charge in [0.2, 0.25) is 15.9 Å². The lowest BCUT2D eigenvalue weighted by molar-refractivity contribution is -0.133. The number of fused-ring (bicyclic) bond motifs is 1. The minimum atomic E-state index is -3.99. The molecule has 1 N–H and O–H groups in total. The average Bonchev–Trinajstić information content (AvgIpc) is 2.98. The number of benzene rings is 2. The topological polar surface area (TPSA) is 84.9 Å². The van der Waals surface area contributed by atoms with Crippen LogP contribution >= 0.6 is 0 Å². The highest BCUT2D eigenvalue weighted by Crippen LogP contribution is 2.32. The summed E-state index contributed by atoms with van der Waals surface area (Å²) < 4.78 is 52.8. The lowest BCUT2D eigenvalue weighted by Crippen LogP contribution is -2.49. The summed E-state index contributed by atoms with van der Waals surface area (Å²) in [5.41, 5.74) is 0.741. The number of nitrogens with one attached hydrogen (secondary N) is 1. The van der Waals surface area contributed by atoms with Crippen molar-refractivity contribution >= 4 is 15.9 Å². The van der Waals surface area contributed by atoms with Gasteiger partial charge in [0.1, 0.15) is 11.9 Å². The van der Waals surface area contributed by atoms with Crippen LogP contribution in [0.2, 0.25) is 0 Å². The van der Waals surface area contributed by atoms with E-state index in [0.29, 0.717) is 31.1 Å². The Bertz CT molecular complexity index is 1020. The molecule has 0 saturated carbocycles. The van der Waals surface area contributed by atoms with E-state index in [4.69, 9.17) is 9.47 Å². The fourth-order valence-corrected chi connectivity index (χ4v) is 4.55. The van der Waals surface area contributed by atoms with Crippen molar-refractivity contribution in [2.24, 2.45) is 5.92 Å². The Kier molecular flexibility index (Phi) is 7.17. The average molecular weight is 451 g/mol. The van der Waals surface area contributed by atoms with Gasteiger partial charge in [-0.15, -0.1) is 0 Å². The van der Waals surface area contributed by atoms with Crippen molar-refractivity contribution in [3.63, 3.8) is 0 Å². The van der Waals surface area contributed by atoms with Gasteiger partial charge in [0.15, 0.2) is 11.5 Å². The van der Waals surface area contributed by atoms with E-state index in [0.717, 1.165) is 5.56 Å². The van der Waals surface area contributed by atoms with Crippen molar-refractivity contribution < 1.29 is 27.1 Å². The zero-order valence-electron chi connectivity index (χ0n) is 17.8. The Hall–Kier alpha value is -2.65. The lowest BCUT2D eigenvalue weighted by Gasteiger charge is -2.27. The number of nitrogens with zero attached hydrogens (tertiary/aromatic N) is 1. The normalized spacial score (nSPS) is 14.7. The third kappa shape index (κ3) is 5.74. The molecule has 2 aromatic carbocycles. The highest BCUT2D eigenvalue weighted by Gasteiger charge is 2.31. The number of hydrogen-bond donors (Lipinski definition) is 1. The molecule has 168 valence electrons. The quantitative estimate of drug-likeness (QED) is 0.701. The number of rotatable bonds is 7. The second kappa shape index (κ2) is 9.65. The fraction of sp³-hybridized carbons (Fsp3) is 0.409. The Morgan fingerprint density at radius 3 is 2.39 bits per heavy atom. The molecule has 0 saturated heterocycles. The van der Waals surface area contributed by atoms with Crippen LogP contribution in [0.4, 0.5) is 4.39 Å². The summed E-state index contributed by atoms with van der Waals surface area (Å²) in [7, 11) is -2.40. The number of amides is 1. The van der Waals surface area contributed by atoms with Crippen LogP contribution in [0, 0.1) is 11.7 Å². The van der Waals surface area contributed by atoms with Crippen LogP contribution in [0.5, 0.6) is 11.5 Å². The zero-order valence-corrected chi connectivity index (χ0v) is 18.6. The highest BCUT2D eigenvalue weighted by atomic mass is 32.2. The number of likely N-dealkylation sites (N-methyl/N-ethyl adjacent to an activating group) is 1. The zero-order chi connectivity index (χ0) is 22.6. The van der Waals surface area contributed by atoms with Crippen LogP contribution in [0.25, 0.3) is 0 Å². The number of ether oxygens (including phenoxy) is 2. The number of carbonyl (C=O) groups excluding carboxylic acids is 1. The molecule has 1 unspecified atom stereocenters. The highest BCUT2D eigenvalue weighted by molar-refractivity contribution is 7.89. The standard InChI is InChI=1S/C22H27FN2O5S/c1-15(2)21(22(26)25(3)14-16-5-7-17(23)8-6-16)24-31(27,28)18-9-10-19-20(13-18)30-12-4-11-29-19/h5-10,13,15,21,24H,4,11-12,14H2,1-3H3. The molecule has 1 amide bonds. The monoisotopic (exact) mass is 450 g/mol. The number of hydrogen-bond acceptors (Lipinski definition) is 5. The van der Waals surface area contributed by atoms with Crippen LogP contribution in [0.3, 0.4) is 0 Å². The van der Waals surface area contributed by atoms with Gasteiger partial charge in [0.25, 0.3) is 0 Å². The molecule has 0 bridgehead atoms. The summed E-state index contributed by atoms with van der Waals surface area (Å²) in [6.45, 7) is 4.70. The smallest absolute Gasteiger partial charge is 0.241 e. The molecule has 9 heteroatoms. The van der Waals surface area contributed by atoms with E-state index >= 15 is 0 Å². The van der Waals surface area contributed by atoms with Gasteiger partial charge in [-0.25, -0.2) is 12.8 Å². The SMILES string of the molecule is CC(C)C(NS(=O)(=O)c1ccc2c(c1)OCCCO2)C(=O)N(C)Cc1ccc(F)cc1. The van der Waals surface area contributed by atoms with Crippen molar-refractivity contribution in [2.75, 3.05) is 20.3 Å². The largest absolute Gasteiger partial charge is 0.490 e. The van der Waals surface area contributed by atoms with Crippen LogP contribution in [-0.2, 0) is 21.4 Å². The predicted octanol–water partition coefficient (Wildman–Crippen LogP) is 2.95. The van der Waals surface area contributed by atoms with E-state index in [1.165, 1.54) is 29.2 Å². The molecular formula is C22H27FN2O5S. The maximum absolute atomic E-state index is 13.1. The molecule has 0 aliphatic carbocycles. The van der Waals surface area contributed by atoms with Crippen molar-refractivity contribution in [2.45, 2.75) is 37.8 Å². The van der Waals surface area contributed by atoms with E-state index in [1.807, 2.05) is 0 Å². The van der Waals surface area contributed by atoms with Crippen LogP contribution in [-0.4, -0.2) is 45.5 Å². The first-order valence-corrected chi connectivity index (χ1v) is 11.6. The van der Waals surface area contributed by atoms with Crippen LogP contribution in [0.15, 0.2) is 47.4 Å². The molecule has 1 atom stereocenters. The van der Waals surface area contributed by atoms with E-state index in [9.17, 15) is 17.6 Å². The van der Waals surface area contributed by atoms with E-state index in [-0.39, 0.29) is 29.1 Å². The van der Waals surface area contributed by atoms with Gasteiger partial charge >= 0.3 is 0 Å². The summed E-state index contributed by atoms with van der Waals surface area (Å²) in [6.07, 6.45) is 0.708. The lowest BCUT2D eigenvalue weighted by atomic mass is 10.0. The molecule has 31 heavy (non-hydrogen) atoms. The Labute approximate surface area is 182 Å². The van der Waals surface area contributed by atoms with Gasteiger partial charge in [-0.3, -0.25) is 4.79 Å². The van der Waals surface area contributed by atoms with E-state index < -0.39 is 16.1 Å². The fourth-order valence-electron chi connectivity index (χ4n) is 3.20. The second-order valence-corrected chi connectivity index (χ2v) is 9.54. The maximum atomic E-state index is 13.1. The molecule has 0 fully saturated rings. The number of sulfonamides is 1. The van der Waals surface area contributed by atoms with E-state index in [2.05, 4.69) is 4.72 Å². The van der Waals surface area contributed by atoms with Crippen LogP contribution < -0.4 is 14.2 Å². The third-order valence-corrected chi connectivity index (χ3v) is 6.39. The van der Waals surface area contributed by atoms with Gasteiger partial charge in [-0.2, -0.15) is 4.72 Å². The Morgan fingerprint density at radius 2 is 1.74 bits per heavy atom.